The van der Waals surface area contributed by atoms with Crippen LogP contribution in [0.25, 0.3) is 0 Å². The van der Waals surface area contributed by atoms with Gasteiger partial charge in [0.1, 0.15) is 11.9 Å². The zero-order chi connectivity index (χ0) is 27.4. The maximum Gasteiger partial charge on any atom is 0.310 e. The predicted octanol–water partition coefficient (Wildman–Crippen LogP) is 4.66. The number of carbonyl (C=O) groups is 5. The largest absolute Gasteiger partial charge is 0.481 e. The van der Waals surface area contributed by atoms with Crippen LogP contribution in [0.1, 0.15) is 79.6 Å². The first-order chi connectivity index (χ1) is 17.3. The third-order valence-corrected chi connectivity index (χ3v) is 11.5. The van der Waals surface area contributed by atoms with Crippen molar-refractivity contribution in [2.75, 3.05) is 0 Å². The number of aliphatic carboxylic acids is 1. The Bertz CT molecular complexity index is 1020. The fraction of sp³-hybridized carbons (Fsp3) is 0.767. The molecule has 0 aromatic heterocycles. The Morgan fingerprint density at radius 1 is 1.16 bits per heavy atom. The highest BCUT2D eigenvalue weighted by atomic mass is 16.5. The third kappa shape index (κ3) is 4.11. The van der Waals surface area contributed by atoms with Crippen LogP contribution in [0.15, 0.2) is 12.2 Å². The van der Waals surface area contributed by atoms with Crippen molar-refractivity contribution in [1.29, 1.82) is 0 Å². The minimum absolute atomic E-state index is 0.0307. The lowest BCUT2D eigenvalue weighted by Gasteiger charge is -2.60. The lowest BCUT2D eigenvalue weighted by molar-refractivity contribution is -0.183. The van der Waals surface area contributed by atoms with Crippen molar-refractivity contribution in [1.82, 2.24) is 0 Å². The van der Waals surface area contributed by atoms with Crippen molar-refractivity contribution in [3.8, 4) is 0 Å². The molecule has 37 heavy (non-hydrogen) atoms. The number of Topliss-reactive ketones (excluding diaryl/α,β-unsaturated/α-hetero) is 3. The van der Waals surface area contributed by atoms with Crippen LogP contribution in [0, 0.1) is 58.2 Å². The molecule has 4 rings (SSSR count). The van der Waals surface area contributed by atoms with Crippen LogP contribution in [0.5, 0.6) is 0 Å². The molecule has 7 nitrogen and oxygen atoms in total. The Hall–Kier alpha value is -2.31. The molecule has 0 aromatic rings. The number of hydrogen-bond donors (Lipinski definition) is 1. The van der Waals surface area contributed by atoms with E-state index in [-0.39, 0.29) is 53.0 Å². The fourth-order valence-electron chi connectivity index (χ4n) is 9.11. The standard InChI is InChI=1S/C30H42O7/c1-15(17(3)28(35)36)7-8-16(2)19-9-10-20-24-22(32)13-21-18(4)23(37-14-31)11-12-29(21,5)25(24)26(33)27(34)30(19,20)6/h14,16-21,23-25H,1,7-13H2,2-6H3,(H,35,36)/t16-,17?,18+,19-,20+,21+,23-,24?,25?,29+,30-/m1/s1. The number of carboxylic acids is 1. The highest BCUT2D eigenvalue weighted by Gasteiger charge is 2.70. The van der Waals surface area contributed by atoms with Crippen molar-refractivity contribution < 1.29 is 33.8 Å². The molecule has 1 N–H and O–H groups in total. The van der Waals surface area contributed by atoms with Crippen LogP contribution in [0.2, 0.25) is 0 Å². The van der Waals surface area contributed by atoms with Gasteiger partial charge in [-0.05, 0) is 80.5 Å². The number of hydrogen-bond acceptors (Lipinski definition) is 6. The molecular weight excluding hydrogens is 472 g/mol. The first-order valence-electron chi connectivity index (χ1n) is 13.9. The summed E-state index contributed by atoms with van der Waals surface area (Å²) in [7, 11) is 0. The summed E-state index contributed by atoms with van der Waals surface area (Å²) in [6, 6.07) is 0. The molecule has 0 radical (unpaired) electrons. The van der Waals surface area contributed by atoms with Crippen LogP contribution in [0.4, 0.5) is 0 Å². The summed E-state index contributed by atoms with van der Waals surface area (Å²) in [6.45, 7) is 14.1. The molecule has 4 saturated carbocycles. The third-order valence-electron chi connectivity index (χ3n) is 11.5. The van der Waals surface area contributed by atoms with E-state index >= 15 is 0 Å². The molecule has 7 heteroatoms. The SMILES string of the molecule is C=C(CC[C@@H](C)[C@H]1CC[C@H]2C3C(=O)C[C@H]4[C@H](C)[C@H](OC=O)CC[C@]4(C)C3C(=O)C(=O)[C@]12C)C(C)C(=O)O. The monoisotopic (exact) mass is 514 g/mol. The lowest BCUT2D eigenvalue weighted by Crippen LogP contribution is -2.65. The van der Waals surface area contributed by atoms with Gasteiger partial charge in [-0.25, -0.2) is 0 Å². The Morgan fingerprint density at radius 3 is 2.46 bits per heavy atom. The molecule has 0 bridgehead atoms. The molecule has 0 saturated heterocycles. The molecule has 0 aliphatic heterocycles. The lowest BCUT2D eigenvalue weighted by atomic mass is 9.42. The van der Waals surface area contributed by atoms with Crippen molar-refractivity contribution in [2.45, 2.75) is 85.7 Å². The van der Waals surface area contributed by atoms with E-state index in [0.717, 1.165) is 12.8 Å². The van der Waals surface area contributed by atoms with E-state index in [2.05, 4.69) is 20.4 Å². The minimum Gasteiger partial charge on any atom is -0.481 e. The molecule has 0 spiro atoms. The normalized spacial score (nSPS) is 42.7. The predicted molar refractivity (Wildman–Crippen MR) is 136 cm³/mol. The van der Waals surface area contributed by atoms with Gasteiger partial charge in [0.2, 0.25) is 11.6 Å². The number of carbonyl (C=O) groups excluding carboxylic acids is 4. The summed E-state index contributed by atoms with van der Waals surface area (Å²) in [5, 5.41) is 9.29. The molecule has 3 unspecified atom stereocenters. The molecule has 0 heterocycles. The van der Waals surface area contributed by atoms with E-state index in [1.807, 2.05) is 13.8 Å². The smallest absolute Gasteiger partial charge is 0.310 e. The van der Waals surface area contributed by atoms with Gasteiger partial charge in [0, 0.05) is 23.7 Å². The van der Waals surface area contributed by atoms with Crippen LogP contribution >= 0.6 is 0 Å². The van der Waals surface area contributed by atoms with Crippen LogP contribution in [0.3, 0.4) is 0 Å². The average molecular weight is 515 g/mol. The highest BCUT2D eigenvalue weighted by molar-refractivity contribution is 6.41. The summed E-state index contributed by atoms with van der Waals surface area (Å²) >= 11 is 0. The molecule has 4 aliphatic carbocycles. The van der Waals surface area contributed by atoms with Crippen molar-refractivity contribution in [3.05, 3.63) is 12.2 Å². The van der Waals surface area contributed by atoms with Gasteiger partial charge in [0.15, 0.2) is 0 Å². The van der Waals surface area contributed by atoms with Gasteiger partial charge < -0.3 is 9.84 Å². The maximum absolute atomic E-state index is 14.0. The van der Waals surface area contributed by atoms with Crippen molar-refractivity contribution in [2.24, 2.45) is 58.2 Å². The zero-order valence-electron chi connectivity index (χ0n) is 22.8. The summed E-state index contributed by atoms with van der Waals surface area (Å²) in [6.07, 6.45) is 4.16. The summed E-state index contributed by atoms with van der Waals surface area (Å²) in [5.74, 6) is -3.41. The van der Waals surface area contributed by atoms with Gasteiger partial charge in [-0.2, -0.15) is 0 Å². The Labute approximate surface area is 219 Å². The summed E-state index contributed by atoms with van der Waals surface area (Å²) in [4.78, 5) is 64.0. The summed E-state index contributed by atoms with van der Waals surface area (Å²) < 4.78 is 5.32. The Balaban J connectivity index is 1.60. The quantitative estimate of drug-likeness (QED) is 0.284. The number of carboxylic acid groups (broad SMARTS) is 1. The fourth-order valence-corrected chi connectivity index (χ4v) is 9.11. The van der Waals surface area contributed by atoms with Crippen LogP contribution in [-0.2, 0) is 28.7 Å². The average Bonchev–Trinajstić information content (AvgIpc) is 3.21. The van der Waals surface area contributed by atoms with E-state index in [1.54, 1.807) is 6.92 Å². The van der Waals surface area contributed by atoms with E-state index in [0.29, 0.717) is 44.1 Å². The Kier molecular flexibility index (Phi) is 7.32. The molecule has 4 fully saturated rings. The van der Waals surface area contributed by atoms with Gasteiger partial charge in [0.05, 0.1) is 5.92 Å². The first-order valence-corrected chi connectivity index (χ1v) is 13.9. The van der Waals surface area contributed by atoms with E-state index < -0.39 is 34.6 Å². The molecular formula is C30H42O7. The first kappa shape index (κ1) is 27.7. The van der Waals surface area contributed by atoms with E-state index in [1.165, 1.54) is 0 Å². The van der Waals surface area contributed by atoms with Gasteiger partial charge in [-0.3, -0.25) is 24.0 Å². The van der Waals surface area contributed by atoms with E-state index in [4.69, 9.17) is 4.74 Å². The maximum atomic E-state index is 14.0. The molecule has 0 aromatic carbocycles. The zero-order valence-corrected chi connectivity index (χ0v) is 22.8. The second-order valence-electron chi connectivity index (χ2n) is 13.0. The number of rotatable bonds is 8. The van der Waals surface area contributed by atoms with Crippen molar-refractivity contribution in [3.63, 3.8) is 0 Å². The summed E-state index contributed by atoms with van der Waals surface area (Å²) in [5.41, 5.74) is -0.682. The number of ether oxygens (including phenoxy) is 1. The Morgan fingerprint density at radius 2 is 1.84 bits per heavy atom. The molecule has 11 atom stereocenters. The van der Waals surface area contributed by atoms with E-state index in [9.17, 15) is 29.1 Å². The molecule has 204 valence electrons. The van der Waals surface area contributed by atoms with Gasteiger partial charge >= 0.3 is 5.97 Å². The van der Waals surface area contributed by atoms with Gasteiger partial charge in [-0.15, -0.1) is 0 Å². The molecule has 0 amide bonds. The van der Waals surface area contributed by atoms with Crippen LogP contribution < -0.4 is 0 Å². The molecule has 4 aliphatic rings. The minimum atomic E-state index is -0.895. The van der Waals surface area contributed by atoms with Gasteiger partial charge in [-0.1, -0.05) is 39.8 Å². The van der Waals surface area contributed by atoms with Gasteiger partial charge in [0.25, 0.3) is 6.47 Å². The van der Waals surface area contributed by atoms with Crippen LogP contribution in [-0.4, -0.2) is 41.0 Å². The number of ketones is 3. The second kappa shape index (κ2) is 9.77. The second-order valence-corrected chi connectivity index (χ2v) is 13.0. The van der Waals surface area contributed by atoms with Crippen molar-refractivity contribution >= 4 is 29.8 Å². The highest BCUT2D eigenvalue weighted by Crippen LogP contribution is 2.66. The number of fused-ring (bicyclic) bond motifs is 5. The topological polar surface area (TPSA) is 115 Å².